The second kappa shape index (κ2) is 9.98. The van der Waals surface area contributed by atoms with Crippen LogP contribution in [0.5, 0.6) is 0 Å². The van der Waals surface area contributed by atoms with Crippen LogP contribution in [0.2, 0.25) is 0 Å². The zero-order chi connectivity index (χ0) is 20.2. The largest absolute Gasteiger partial charge is 0.478 e. The molecule has 0 saturated heterocycles. The van der Waals surface area contributed by atoms with Crippen molar-refractivity contribution < 1.29 is 29.4 Å². The van der Waals surface area contributed by atoms with E-state index in [1.54, 1.807) is 45.2 Å². The third-order valence-electron chi connectivity index (χ3n) is 3.11. The fourth-order valence-corrected chi connectivity index (χ4v) is 6.32. The van der Waals surface area contributed by atoms with Gasteiger partial charge in [0.1, 0.15) is 6.04 Å². The Morgan fingerprint density at radius 2 is 1.58 bits per heavy atom. The van der Waals surface area contributed by atoms with Crippen LogP contribution in [0, 0.1) is 10.7 Å². The summed E-state index contributed by atoms with van der Waals surface area (Å²) in [6.45, 7) is 0.630. The Labute approximate surface area is 189 Å². The second-order valence-electron chi connectivity index (χ2n) is 4.88. The molecule has 5 N–H and O–H groups in total. The quantitative estimate of drug-likeness (QED) is 0.280. The van der Waals surface area contributed by atoms with Crippen LogP contribution >= 0.6 is 67.8 Å². The van der Waals surface area contributed by atoms with Crippen molar-refractivity contribution in [2.24, 2.45) is 0 Å². The number of amides is 3. The lowest BCUT2D eigenvalue weighted by Gasteiger charge is -2.20. The molecule has 0 saturated carbocycles. The summed E-state index contributed by atoms with van der Waals surface area (Å²) in [5, 5.41) is 26.0. The SMILES string of the molecule is CNC(=O)[C@H](CO)NC(=O)c1c(I)c(NC(C)=O)c(I)c(C(=O)O)c1I. The molecule has 0 radical (unpaired) electrons. The maximum absolute atomic E-state index is 12.7. The van der Waals surface area contributed by atoms with E-state index in [-0.39, 0.29) is 24.0 Å². The second-order valence-corrected chi connectivity index (χ2v) is 8.11. The minimum Gasteiger partial charge on any atom is -0.478 e. The van der Waals surface area contributed by atoms with Crippen LogP contribution in [-0.2, 0) is 9.59 Å². The molecule has 1 aromatic carbocycles. The molecule has 12 heteroatoms. The lowest BCUT2D eigenvalue weighted by atomic mass is 10.1. The number of rotatable bonds is 6. The lowest BCUT2D eigenvalue weighted by molar-refractivity contribution is -0.123. The predicted molar refractivity (Wildman–Crippen MR) is 118 cm³/mol. The molecule has 0 aliphatic rings. The van der Waals surface area contributed by atoms with E-state index in [1.807, 2.05) is 22.6 Å². The summed E-state index contributed by atoms with van der Waals surface area (Å²) in [4.78, 5) is 47.5. The van der Waals surface area contributed by atoms with Gasteiger partial charge in [-0.05, 0) is 67.8 Å². The monoisotopic (exact) mass is 701 g/mol. The van der Waals surface area contributed by atoms with Crippen molar-refractivity contribution in [1.82, 2.24) is 10.6 Å². The fourth-order valence-electron chi connectivity index (χ4n) is 1.94. The maximum Gasteiger partial charge on any atom is 0.337 e. The third kappa shape index (κ3) is 5.16. The molecule has 26 heavy (non-hydrogen) atoms. The number of carboxylic acids is 1. The van der Waals surface area contributed by atoms with Gasteiger partial charge in [-0.3, -0.25) is 14.4 Å². The van der Waals surface area contributed by atoms with Crippen LogP contribution in [0.25, 0.3) is 0 Å². The summed E-state index contributed by atoms with van der Waals surface area (Å²) in [5.41, 5.74) is 0.0540. The number of carbonyl (C=O) groups is 4. The highest BCUT2D eigenvalue weighted by Gasteiger charge is 2.29. The molecule has 0 unspecified atom stereocenters. The van der Waals surface area contributed by atoms with Crippen molar-refractivity contribution in [3.05, 3.63) is 21.8 Å². The van der Waals surface area contributed by atoms with E-state index in [0.29, 0.717) is 3.57 Å². The number of aliphatic hydroxyl groups is 1. The number of carbonyl (C=O) groups excluding carboxylic acids is 3. The number of aromatic carboxylic acids is 1. The summed E-state index contributed by atoms with van der Waals surface area (Å²) in [6.07, 6.45) is 0. The van der Waals surface area contributed by atoms with Crippen molar-refractivity contribution in [1.29, 1.82) is 0 Å². The predicted octanol–water partition coefficient (Wildman–Crippen LogP) is 0.994. The summed E-state index contributed by atoms with van der Waals surface area (Å²) in [6, 6.07) is -1.20. The van der Waals surface area contributed by atoms with Gasteiger partial charge in [-0.25, -0.2) is 4.79 Å². The molecule has 3 amide bonds. The molecule has 0 aromatic heterocycles. The standard InChI is InChI=1S/C14H14I3N3O6/c1-4(22)19-11-9(16)6(8(15)7(10(11)17)14(25)26)13(24)20-5(3-21)12(23)18-2/h5,21H,3H2,1-2H3,(H,18,23)(H,19,22)(H,20,24)(H,25,26)/t5-/m0/s1. The van der Waals surface area contributed by atoms with E-state index >= 15 is 0 Å². The van der Waals surface area contributed by atoms with E-state index in [4.69, 9.17) is 0 Å². The van der Waals surface area contributed by atoms with Crippen molar-refractivity contribution >= 4 is 97.2 Å². The summed E-state index contributed by atoms with van der Waals surface area (Å²) >= 11 is 5.35. The van der Waals surface area contributed by atoms with Crippen molar-refractivity contribution in [3.63, 3.8) is 0 Å². The number of aliphatic hydroxyl groups excluding tert-OH is 1. The van der Waals surface area contributed by atoms with E-state index in [9.17, 15) is 29.4 Å². The van der Waals surface area contributed by atoms with E-state index < -0.39 is 36.3 Å². The van der Waals surface area contributed by atoms with E-state index in [0.717, 1.165) is 0 Å². The van der Waals surface area contributed by atoms with Gasteiger partial charge in [-0.2, -0.15) is 0 Å². The number of hydrogen-bond acceptors (Lipinski definition) is 5. The minimum atomic E-state index is -1.26. The maximum atomic E-state index is 12.7. The van der Waals surface area contributed by atoms with Gasteiger partial charge in [0.05, 0.1) is 30.6 Å². The van der Waals surface area contributed by atoms with Crippen molar-refractivity contribution in [2.75, 3.05) is 19.0 Å². The normalized spacial score (nSPS) is 11.5. The molecule has 1 rings (SSSR count). The molecule has 1 aromatic rings. The van der Waals surface area contributed by atoms with Crippen LogP contribution in [0.4, 0.5) is 5.69 Å². The first-order valence-corrected chi connectivity index (χ1v) is 10.1. The first kappa shape index (κ1) is 23.3. The molecular formula is C14H14I3N3O6. The first-order valence-electron chi connectivity index (χ1n) is 6.91. The zero-order valence-electron chi connectivity index (χ0n) is 13.4. The van der Waals surface area contributed by atoms with Crippen molar-refractivity contribution in [3.8, 4) is 0 Å². The number of nitrogens with one attached hydrogen (secondary N) is 3. The van der Waals surface area contributed by atoms with Gasteiger partial charge in [0, 0.05) is 17.5 Å². The van der Waals surface area contributed by atoms with Crippen LogP contribution in [0.3, 0.4) is 0 Å². The molecular weight excluding hydrogens is 687 g/mol. The van der Waals surface area contributed by atoms with Crippen LogP contribution in [-0.4, -0.2) is 53.6 Å². The zero-order valence-corrected chi connectivity index (χ0v) is 19.9. The van der Waals surface area contributed by atoms with Gasteiger partial charge >= 0.3 is 5.97 Å². The molecule has 0 spiro atoms. The molecule has 0 aliphatic carbocycles. The fraction of sp³-hybridized carbons (Fsp3) is 0.286. The topological polar surface area (TPSA) is 145 Å². The molecule has 0 heterocycles. The average molecular weight is 701 g/mol. The van der Waals surface area contributed by atoms with Gasteiger partial charge < -0.3 is 26.2 Å². The Morgan fingerprint density at radius 3 is 2.00 bits per heavy atom. The van der Waals surface area contributed by atoms with Gasteiger partial charge in [0.15, 0.2) is 0 Å². The molecule has 1 atom stereocenters. The Balaban J connectivity index is 3.57. The Hall–Kier alpha value is -0.750. The highest BCUT2D eigenvalue weighted by Crippen LogP contribution is 2.35. The smallest absolute Gasteiger partial charge is 0.337 e. The summed E-state index contributed by atoms with van der Waals surface area (Å²) in [7, 11) is 1.35. The van der Waals surface area contributed by atoms with Crippen LogP contribution < -0.4 is 16.0 Å². The molecule has 0 bridgehead atoms. The number of likely N-dealkylation sites (N-methyl/N-ethyl adjacent to an activating group) is 1. The number of anilines is 1. The summed E-state index contributed by atoms with van der Waals surface area (Å²) < 4.78 is 0.757. The Morgan fingerprint density at radius 1 is 1.04 bits per heavy atom. The first-order chi connectivity index (χ1) is 12.1. The molecule has 9 nitrogen and oxygen atoms in total. The molecule has 142 valence electrons. The van der Waals surface area contributed by atoms with Crippen molar-refractivity contribution in [2.45, 2.75) is 13.0 Å². The van der Waals surface area contributed by atoms with Gasteiger partial charge in [0.2, 0.25) is 11.8 Å². The van der Waals surface area contributed by atoms with Crippen LogP contribution in [0.1, 0.15) is 27.6 Å². The Kier molecular flexibility index (Phi) is 8.94. The molecule has 0 aliphatic heterocycles. The van der Waals surface area contributed by atoms with Crippen LogP contribution in [0.15, 0.2) is 0 Å². The Bertz CT molecular complexity index is 784. The number of carboxylic acid groups (broad SMARTS) is 1. The number of benzene rings is 1. The van der Waals surface area contributed by atoms with E-state index in [1.165, 1.54) is 14.0 Å². The highest BCUT2D eigenvalue weighted by atomic mass is 127. The van der Waals surface area contributed by atoms with Gasteiger partial charge in [-0.1, -0.05) is 0 Å². The highest BCUT2D eigenvalue weighted by molar-refractivity contribution is 14.1. The third-order valence-corrected chi connectivity index (χ3v) is 6.35. The van der Waals surface area contributed by atoms with E-state index in [2.05, 4.69) is 16.0 Å². The lowest BCUT2D eigenvalue weighted by Crippen LogP contribution is -2.48. The van der Waals surface area contributed by atoms with Gasteiger partial charge in [-0.15, -0.1) is 0 Å². The minimum absolute atomic E-state index is 0.00452. The molecule has 0 fully saturated rings. The number of hydrogen-bond donors (Lipinski definition) is 5. The number of halogens is 3. The summed E-state index contributed by atoms with van der Waals surface area (Å²) in [5.74, 6) is -3.03. The average Bonchev–Trinajstić information content (AvgIpc) is 2.55. The van der Waals surface area contributed by atoms with Gasteiger partial charge in [0.25, 0.3) is 5.91 Å².